The Balaban J connectivity index is 2.12. The second kappa shape index (κ2) is 5.01. The van der Waals surface area contributed by atoms with Gasteiger partial charge < -0.3 is 5.11 Å². The molecular weight excluding hydrogens is 240 g/mol. The summed E-state index contributed by atoms with van der Waals surface area (Å²) in [6.07, 6.45) is 4.11. The number of hydrogen-bond acceptors (Lipinski definition) is 2. The maximum Gasteiger partial charge on any atom is 0.303 e. The van der Waals surface area contributed by atoms with E-state index in [1.54, 1.807) is 23.0 Å². The second-order valence-corrected chi connectivity index (χ2v) is 4.10. The molecule has 2 aromatic rings. The first-order valence-electron chi connectivity index (χ1n) is 5.16. The van der Waals surface area contributed by atoms with Gasteiger partial charge in [0.15, 0.2) is 0 Å². The Bertz CT molecular complexity index is 520. The van der Waals surface area contributed by atoms with E-state index in [0.717, 1.165) is 11.3 Å². The molecule has 0 aliphatic rings. The van der Waals surface area contributed by atoms with E-state index in [4.69, 9.17) is 16.7 Å². The molecule has 0 bridgehead atoms. The Labute approximate surface area is 103 Å². The van der Waals surface area contributed by atoms with Crippen LogP contribution in [0.25, 0.3) is 5.69 Å². The summed E-state index contributed by atoms with van der Waals surface area (Å²) in [6.45, 7) is 0. The lowest BCUT2D eigenvalue weighted by atomic mass is 10.2. The minimum Gasteiger partial charge on any atom is -0.481 e. The van der Waals surface area contributed by atoms with E-state index >= 15 is 0 Å². The average Bonchev–Trinajstić information content (AvgIpc) is 2.76. The molecule has 17 heavy (non-hydrogen) atoms. The second-order valence-electron chi connectivity index (χ2n) is 3.66. The number of aliphatic carboxylic acids is 1. The third-order valence-electron chi connectivity index (χ3n) is 2.35. The highest BCUT2D eigenvalue weighted by molar-refractivity contribution is 6.30. The van der Waals surface area contributed by atoms with Crippen molar-refractivity contribution in [3.05, 3.63) is 47.2 Å². The molecule has 1 aromatic carbocycles. The molecule has 0 spiro atoms. The number of aromatic nitrogens is 2. The Morgan fingerprint density at radius 1 is 1.35 bits per heavy atom. The zero-order valence-electron chi connectivity index (χ0n) is 9.01. The lowest BCUT2D eigenvalue weighted by Crippen LogP contribution is -1.96. The van der Waals surface area contributed by atoms with Crippen LogP contribution in [0.1, 0.15) is 12.0 Å². The summed E-state index contributed by atoms with van der Waals surface area (Å²) >= 11 is 5.79. The van der Waals surface area contributed by atoms with Gasteiger partial charge in [0, 0.05) is 17.6 Å². The molecule has 0 fully saturated rings. The van der Waals surface area contributed by atoms with Crippen LogP contribution in [0.5, 0.6) is 0 Å². The molecule has 0 radical (unpaired) electrons. The molecule has 0 saturated carbocycles. The minimum atomic E-state index is -0.802. The average molecular weight is 251 g/mol. The summed E-state index contributed by atoms with van der Waals surface area (Å²) in [5, 5.41) is 13.4. The van der Waals surface area contributed by atoms with Crippen molar-refractivity contribution >= 4 is 17.6 Å². The van der Waals surface area contributed by atoms with Gasteiger partial charge in [0.05, 0.1) is 11.9 Å². The first-order valence-corrected chi connectivity index (χ1v) is 5.54. The summed E-state index contributed by atoms with van der Waals surface area (Å²) < 4.78 is 1.70. The van der Waals surface area contributed by atoms with Gasteiger partial charge >= 0.3 is 5.97 Å². The van der Waals surface area contributed by atoms with E-state index in [1.807, 2.05) is 18.3 Å². The smallest absolute Gasteiger partial charge is 0.303 e. The Hall–Kier alpha value is -1.81. The predicted octanol–water partition coefficient (Wildman–Crippen LogP) is 2.54. The van der Waals surface area contributed by atoms with Crippen molar-refractivity contribution in [3.63, 3.8) is 0 Å². The number of carboxylic acids is 1. The number of halogens is 1. The predicted molar refractivity (Wildman–Crippen MR) is 64.5 cm³/mol. The monoisotopic (exact) mass is 250 g/mol. The van der Waals surface area contributed by atoms with Crippen LogP contribution in [-0.2, 0) is 11.2 Å². The third kappa shape index (κ3) is 3.07. The van der Waals surface area contributed by atoms with Gasteiger partial charge in [-0.1, -0.05) is 11.6 Å². The quantitative estimate of drug-likeness (QED) is 0.907. The largest absolute Gasteiger partial charge is 0.481 e. The number of benzene rings is 1. The van der Waals surface area contributed by atoms with Crippen LogP contribution >= 0.6 is 11.6 Å². The number of hydrogen-bond donors (Lipinski definition) is 1. The molecule has 2 rings (SSSR count). The van der Waals surface area contributed by atoms with Crippen LogP contribution in [0.3, 0.4) is 0 Å². The van der Waals surface area contributed by atoms with Gasteiger partial charge in [-0.2, -0.15) is 5.10 Å². The van der Waals surface area contributed by atoms with E-state index in [1.165, 1.54) is 0 Å². The zero-order valence-corrected chi connectivity index (χ0v) is 9.76. The fraction of sp³-hybridized carbons (Fsp3) is 0.167. The SMILES string of the molecule is O=C(O)CCc1cnn(-c2ccc(Cl)cc2)c1. The summed E-state index contributed by atoms with van der Waals surface area (Å²) in [7, 11) is 0. The molecule has 5 heteroatoms. The van der Waals surface area contributed by atoms with E-state index in [9.17, 15) is 4.79 Å². The maximum atomic E-state index is 10.4. The highest BCUT2D eigenvalue weighted by Gasteiger charge is 2.03. The van der Waals surface area contributed by atoms with E-state index in [0.29, 0.717) is 11.4 Å². The van der Waals surface area contributed by atoms with Crippen LogP contribution in [-0.4, -0.2) is 20.9 Å². The van der Waals surface area contributed by atoms with Crippen molar-refractivity contribution in [1.29, 1.82) is 0 Å². The summed E-state index contributed by atoms with van der Waals surface area (Å²) in [5.74, 6) is -0.802. The molecular formula is C12H11ClN2O2. The van der Waals surface area contributed by atoms with Crippen LogP contribution in [0, 0.1) is 0 Å². The van der Waals surface area contributed by atoms with Gasteiger partial charge in [0.25, 0.3) is 0 Å². The van der Waals surface area contributed by atoms with Crippen LogP contribution in [0.2, 0.25) is 5.02 Å². The molecule has 0 aliphatic carbocycles. The highest BCUT2D eigenvalue weighted by atomic mass is 35.5. The van der Waals surface area contributed by atoms with Gasteiger partial charge in [-0.25, -0.2) is 4.68 Å². The minimum absolute atomic E-state index is 0.117. The van der Waals surface area contributed by atoms with Gasteiger partial charge in [-0.15, -0.1) is 0 Å². The van der Waals surface area contributed by atoms with Crippen LogP contribution < -0.4 is 0 Å². The molecule has 1 N–H and O–H groups in total. The summed E-state index contributed by atoms with van der Waals surface area (Å²) in [4.78, 5) is 10.4. The lowest BCUT2D eigenvalue weighted by Gasteiger charge is -2.00. The number of nitrogens with zero attached hydrogens (tertiary/aromatic N) is 2. The zero-order chi connectivity index (χ0) is 12.3. The van der Waals surface area contributed by atoms with Crippen molar-refractivity contribution in [2.75, 3.05) is 0 Å². The van der Waals surface area contributed by atoms with Crippen molar-refractivity contribution in [3.8, 4) is 5.69 Å². The number of rotatable bonds is 4. The van der Waals surface area contributed by atoms with E-state index < -0.39 is 5.97 Å². The molecule has 0 amide bonds. The Morgan fingerprint density at radius 2 is 2.06 bits per heavy atom. The van der Waals surface area contributed by atoms with Gasteiger partial charge in [0.2, 0.25) is 0 Å². The molecule has 1 heterocycles. The highest BCUT2D eigenvalue weighted by Crippen LogP contribution is 2.13. The normalized spacial score (nSPS) is 10.4. The van der Waals surface area contributed by atoms with Crippen molar-refractivity contribution in [2.45, 2.75) is 12.8 Å². The molecule has 88 valence electrons. The number of carbonyl (C=O) groups is 1. The molecule has 0 aliphatic heterocycles. The first-order chi connectivity index (χ1) is 8.15. The molecule has 0 atom stereocenters. The summed E-state index contributed by atoms with van der Waals surface area (Å²) in [5.41, 5.74) is 1.80. The Morgan fingerprint density at radius 3 is 2.71 bits per heavy atom. The molecule has 0 unspecified atom stereocenters. The standard InChI is InChI=1S/C12H11ClN2O2/c13-10-2-4-11(5-3-10)15-8-9(7-14-15)1-6-12(16)17/h2-5,7-8H,1,6H2,(H,16,17). The Kier molecular flexibility index (Phi) is 3.44. The number of carboxylic acid groups (broad SMARTS) is 1. The first kappa shape index (κ1) is 11.7. The maximum absolute atomic E-state index is 10.4. The van der Waals surface area contributed by atoms with Crippen molar-refractivity contribution < 1.29 is 9.90 Å². The van der Waals surface area contributed by atoms with Crippen molar-refractivity contribution in [2.24, 2.45) is 0 Å². The number of aryl methyl sites for hydroxylation is 1. The molecule has 1 aromatic heterocycles. The van der Waals surface area contributed by atoms with Crippen LogP contribution in [0.4, 0.5) is 0 Å². The van der Waals surface area contributed by atoms with E-state index in [-0.39, 0.29) is 6.42 Å². The van der Waals surface area contributed by atoms with Crippen molar-refractivity contribution in [1.82, 2.24) is 9.78 Å². The lowest BCUT2D eigenvalue weighted by molar-refractivity contribution is -0.136. The van der Waals surface area contributed by atoms with Gasteiger partial charge in [0.1, 0.15) is 0 Å². The van der Waals surface area contributed by atoms with Gasteiger partial charge in [-0.3, -0.25) is 4.79 Å². The molecule has 0 saturated heterocycles. The third-order valence-corrected chi connectivity index (χ3v) is 2.61. The van der Waals surface area contributed by atoms with Crippen LogP contribution in [0.15, 0.2) is 36.7 Å². The summed E-state index contributed by atoms with van der Waals surface area (Å²) in [6, 6.07) is 7.29. The molecule has 4 nitrogen and oxygen atoms in total. The van der Waals surface area contributed by atoms with E-state index in [2.05, 4.69) is 5.10 Å². The topological polar surface area (TPSA) is 55.1 Å². The van der Waals surface area contributed by atoms with Gasteiger partial charge in [-0.05, 0) is 36.2 Å². The fourth-order valence-corrected chi connectivity index (χ4v) is 1.60. The fourth-order valence-electron chi connectivity index (χ4n) is 1.48.